The molecule has 0 aliphatic carbocycles. The van der Waals surface area contributed by atoms with Crippen LogP contribution in [0.5, 0.6) is 5.75 Å². The van der Waals surface area contributed by atoms with E-state index in [2.05, 4.69) is 15.9 Å². The zero-order chi connectivity index (χ0) is 14.7. The smallest absolute Gasteiger partial charge is 0.134 e. The molecule has 0 aromatic heterocycles. The summed E-state index contributed by atoms with van der Waals surface area (Å²) in [4.78, 5) is -0.480. The molecule has 0 amide bonds. The molecule has 0 fully saturated rings. The molecule has 20 heavy (non-hydrogen) atoms. The lowest BCUT2D eigenvalue weighted by atomic mass is 10.0. The van der Waals surface area contributed by atoms with Crippen molar-refractivity contribution in [3.05, 3.63) is 64.2 Å². The first kappa shape index (κ1) is 15.3. The van der Waals surface area contributed by atoms with Gasteiger partial charge in [0.05, 0.1) is 7.11 Å². The van der Waals surface area contributed by atoms with Gasteiger partial charge in [-0.3, -0.25) is 0 Å². The maximum atomic E-state index is 14.0. The topological polar surface area (TPSA) is 9.23 Å². The van der Waals surface area contributed by atoms with E-state index >= 15 is 0 Å². The Kier molecular flexibility index (Phi) is 5.00. The van der Waals surface area contributed by atoms with Gasteiger partial charge in [0.1, 0.15) is 17.4 Å². The second-order valence-corrected chi connectivity index (χ2v) is 5.85. The summed E-state index contributed by atoms with van der Waals surface area (Å²) in [6.45, 7) is 0. The highest BCUT2D eigenvalue weighted by atomic mass is 79.9. The molecule has 2 aromatic rings. The van der Waals surface area contributed by atoms with Gasteiger partial charge >= 0.3 is 0 Å². The highest BCUT2D eigenvalue weighted by Gasteiger charge is 2.19. The molecular formula is C15H12BrClF2O. The zero-order valence-electron chi connectivity index (χ0n) is 10.7. The molecule has 2 aromatic carbocycles. The van der Waals surface area contributed by atoms with Gasteiger partial charge in [-0.15, -0.1) is 0 Å². The number of hydrogen-bond acceptors (Lipinski definition) is 1. The number of alkyl halides is 1. The first-order chi connectivity index (χ1) is 9.51. The van der Waals surface area contributed by atoms with Gasteiger partial charge in [0.25, 0.3) is 0 Å². The fourth-order valence-corrected chi connectivity index (χ4v) is 2.98. The van der Waals surface area contributed by atoms with Crippen LogP contribution in [0.3, 0.4) is 0 Å². The molecule has 106 valence electrons. The van der Waals surface area contributed by atoms with Gasteiger partial charge in [-0.1, -0.05) is 39.7 Å². The average molecular weight is 362 g/mol. The van der Waals surface area contributed by atoms with Gasteiger partial charge in [-0.25, -0.2) is 8.78 Å². The Morgan fingerprint density at radius 3 is 2.40 bits per heavy atom. The van der Waals surface area contributed by atoms with Crippen molar-refractivity contribution in [2.45, 2.75) is 11.2 Å². The summed E-state index contributed by atoms with van der Waals surface area (Å²) in [6, 6.07) is 9.53. The first-order valence-corrected chi connectivity index (χ1v) is 7.22. The number of ether oxygens (including phenoxy) is 1. The van der Waals surface area contributed by atoms with Crippen LogP contribution in [-0.4, -0.2) is 7.11 Å². The average Bonchev–Trinajstić information content (AvgIpc) is 2.37. The Morgan fingerprint density at radius 1 is 1.20 bits per heavy atom. The van der Waals surface area contributed by atoms with E-state index in [0.29, 0.717) is 11.4 Å². The predicted octanol–water partition coefficient (Wildman–Crippen LogP) is 5.31. The maximum absolute atomic E-state index is 14.0. The van der Waals surface area contributed by atoms with Crippen molar-refractivity contribution >= 4 is 27.5 Å². The van der Waals surface area contributed by atoms with Crippen molar-refractivity contribution in [1.29, 1.82) is 0 Å². The zero-order valence-corrected chi connectivity index (χ0v) is 13.0. The van der Waals surface area contributed by atoms with Gasteiger partial charge in [-0.05, 0) is 24.1 Å². The van der Waals surface area contributed by atoms with Gasteiger partial charge in [-0.2, -0.15) is 0 Å². The lowest BCUT2D eigenvalue weighted by molar-refractivity contribution is 0.405. The van der Waals surface area contributed by atoms with Crippen LogP contribution in [0.1, 0.15) is 16.0 Å². The molecule has 0 saturated carbocycles. The SMILES string of the molecule is COc1cc(F)c(C(Br)Cc2cccc(Cl)c2)c(F)c1. The van der Waals surface area contributed by atoms with E-state index in [1.807, 2.05) is 6.07 Å². The molecular weight excluding hydrogens is 350 g/mol. The molecule has 0 spiro atoms. The Bertz CT molecular complexity index is 596. The Labute approximate surface area is 129 Å². The summed E-state index contributed by atoms with van der Waals surface area (Å²) >= 11 is 9.23. The minimum atomic E-state index is -0.634. The molecule has 0 aliphatic heterocycles. The highest BCUT2D eigenvalue weighted by molar-refractivity contribution is 9.09. The van der Waals surface area contributed by atoms with E-state index in [9.17, 15) is 8.78 Å². The third-order valence-corrected chi connectivity index (χ3v) is 3.92. The van der Waals surface area contributed by atoms with Crippen LogP contribution in [-0.2, 0) is 6.42 Å². The monoisotopic (exact) mass is 360 g/mol. The summed E-state index contributed by atoms with van der Waals surface area (Å²) in [5.74, 6) is -1.11. The third-order valence-electron chi connectivity index (χ3n) is 2.91. The molecule has 0 bridgehead atoms. The molecule has 0 radical (unpaired) electrons. The van der Waals surface area contributed by atoms with Crippen LogP contribution < -0.4 is 4.74 Å². The minimum Gasteiger partial charge on any atom is -0.497 e. The highest BCUT2D eigenvalue weighted by Crippen LogP contribution is 2.33. The molecule has 1 atom stereocenters. The Hall–Kier alpha value is -1.13. The third kappa shape index (κ3) is 3.49. The largest absolute Gasteiger partial charge is 0.497 e. The molecule has 0 N–H and O–H groups in total. The standard InChI is InChI=1S/C15H12BrClF2O/c1-20-11-7-13(18)15(14(19)8-11)12(16)6-9-3-2-4-10(17)5-9/h2-5,7-8,12H,6H2,1H3. The van der Waals surface area contributed by atoms with Crippen LogP contribution in [0.4, 0.5) is 8.78 Å². The van der Waals surface area contributed by atoms with E-state index < -0.39 is 16.5 Å². The maximum Gasteiger partial charge on any atom is 0.134 e. The van der Waals surface area contributed by atoms with Crippen molar-refractivity contribution in [2.75, 3.05) is 7.11 Å². The molecule has 0 saturated heterocycles. The predicted molar refractivity (Wildman–Crippen MR) is 79.7 cm³/mol. The Balaban J connectivity index is 2.27. The number of methoxy groups -OCH3 is 1. The second-order valence-electron chi connectivity index (χ2n) is 4.31. The van der Waals surface area contributed by atoms with Gasteiger partial charge in [0.2, 0.25) is 0 Å². The quantitative estimate of drug-likeness (QED) is 0.671. The second kappa shape index (κ2) is 6.55. The van der Waals surface area contributed by atoms with E-state index in [1.165, 1.54) is 19.2 Å². The van der Waals surface area contributed by atoms with E-state index in [4.69, 9.17) is 16.3 Å². The van der Waals surface area contributed by atoms with Crippen LogP contribution in [0.15, 0.2) is 36.4 Å². The first-order valence-electron chi connectivity index (χ1n) is 5.92. The minimum absolute atomic E-state index is 0.00854. The Morgan fingerprint density at radius 2 is 1.85 bits per heavy atom. The van der Waals surface area contributed by atoms with Gasteiger partial charge in [0, 0.05) is 27.5 Å². The fourth-order valence-electron chi connectivity index (χ4n) is 1.95. The van der Waals surface area contributed by atoms with Crippen molar-refractivity contribution in [2.24, 2.45) is 0 Å². The number of benzene rings is 2. The lowest BCUT2D eigenvalue weighted by Crippen LogP contribution is -2.03. The number of hydrogen-bond donors (Lipinski definition) is 0. The van der Waals surface area contributed by atoms with Crippen molar-refractivity contribution in [3.8, 4) is 5.75 Å². The van der Waals surface area contributed by atoms with Crippen LogP contribution >= 0.6 is 27.5 Å². The molecule has 1 unspecified atom stereocenters. The van der Waals surface area contributed by atoms with Gasteiger partial charge < -0.3 is 4.74 Å². The number of halogens is 4. The molecule has 5 heteroatoms. The summed E-state index contributed by atoms with van der Waals surface area (Å²) in [5, 5.41) is 0.595. The van der Waals surface area contributed by atoms with Crippen LogP contribution in [0.25, 0.3) is 0 Å². The van der Waals surface area contributed by atoms with Crippen LogP contribution in [0, 0.1) is 11.6 Å². The van der Waals surface area contributed by atoms with Crippen LogP contribution in [0.2, 0.25) is 5.02 Å². The molecule has 1 nitrogen and oxygen atoms in total. The summed E-state index contributed by atoms with van der Waals surface area (Å²) < 4.78 is 32.7. The van der Waals surface area contributed by atoms with E-state index in [1.54, 1.807) is 18.2 Å². The van der Waals surface area contributed by atoms with E-state index in [0.717, 1.165) is 5.56 Å². The van der Waals surface area contributed by atoms with Crippen molar-refractivity contribution in [1.82, 2.24) is 0 Å². The molecule has 0 aliphatic rings. The normalized spacial score (nSPS) is 12.2. The summed E-state index contributed by atoms with van der Waals surface area (Å²) in [5.41, 5.74) is 0.889. The molecule has 2 rings (SSSR count). The van der Waals surface area contributed by atoms with E-state index in [-0.39, 0.29) is 11.3 Å². The van der Waals surface area contributed by atoms with Crippen molar-refractivity contribution < 1.29 is 13.5 Å². The molecule has 0 heterocycles. The fraction of sp³-hybridized carbons (Fsp3) is 0.200. The lowest BCUT2D eigenvalue weighted by Gasteiger charge is -2.14. The summed E-state index contributed by atoms with van der Waals surface area (Å²) in [6.07, 6.45) is 0.431. The number of rotatable bonds is 4. The van der Waals surface area contributed by atoms with Crippen molar-refractivity contribution in [3.63, 3.8) is 0 Å². The summed E-state index contributed by atoms with van der Waals surface area (Å²) in [7, 11) is 1.37. The van der Waals surface area contributed by atoms with Gasteiger partial charge in [0.15, 0.2) is 0 Å².